The zero-order valence-electron chi connectivity index (χ0n) is 11.2. The first-order valence-electron chi connectivity index (χ1n) is 5.90. The van der Waals surface area contributed by atoms with Gasteiger partial charge in [0.1, 0.15) is 17.1 Å². The number of nitrogen functional groups attached to an aromatic ring is 1. The lowest BCUT2D eigenvalue weighted by Crippen LogP contribution is -2.05. The van der Waals surface area contributed by atoms with Gasteiger partial charge in [0.15, 0.2) is 0 Å². The molecule has 0 bridgehead atoms. The molecule has 7 heteroatoms. The number of anilines is 1. The third-order valence-electron chi connectivity index (χ3n) is 2.97. The minimum atomic E-state index is -4.49. The molecule has 2 aromatic rings. The van der Waals surface area contributed by atoms with Crippen LogP contribution < -0.4 is 5.73 Å². The molecule has 4 nitrogen and oxygen atoms in total. The van der Waals surface area contributed by atoms with E-state index < -0.39 is 17.7 Å². The van der Waals surface area contributed by atoms with Crippen LogP contribution in [0.15, 0.2) is 28.7 Å². The topological polar surface area (TPSA) is 65.5 Å². The Morgan fingerprint density at radius 1 is 1.29 bits per heavy atom. The van der Waals surface area contributed by atoms with Crippen LogP contribution in [0, 0.1) is 6.92 Å². The number of alkyl halides is 3. The minimum Gasteiger partial charge on any atom is -0.465 e. The van der Waals surface area contributed by atoms with E-state index in [1.807, 2.05) is 0 Å². The van der Waals surface area contributed by atoms with Crippen molar-refractivity contribution < 1.29 is 27.1 Å². The van der Waals surface area contributed by atoms with Crippen LogP contribution in [0.25, 0.3) is 11.3 Å². The largest absolute Gasteiger partial charge is 0.465 e. The highest BCUT2D eigenvalue weighted by Crippen LogP contribution is 2.36. The number of hydrogen-bond donors (Lipinski definition) is 1. The van der Waals surface area contributed by atoms with Crippen molar-refractivity contribution in [3.05, 3.63) is 41.2 Å². The average molecular weight is 299 g/mol. The molecule has 0 unspecified atom stereocenters. The molecule has 2 N–H and O–H groups in total. The molecule has 0 atom stereocenters. The Labute approximate surface area is 118 Å². The number of benzene rings is 1. The zero-order chi connectivity index (χ0) is 15.8. The number of carbonyl (C=O) groups is 1. The maximum Gasteiger partial charge on any atom is 0.416 e. The minimum absolute atomic E-state index is 0.0723. The maximum atomic E-state index is 12.7. The van der Waals surface area contributed by atoms with Crippen LogP contribution in [0.2, 0.25) is 0 Å². The summed E-state index contributed by atoms with van der Waals surface area (Å²) < 4.78 is 48.1. The van der Waals surface area contributed by atoms with Crippen LogP contribution in [0.1, 0.15) is 21.7 Å². The molecule has 112 valence electrons. The average Bonchev–Trinajstić information content (AvgIpc) is 2.79. The second-order valence-corrected chi connectivity index (χ2v) is 4.37. The fourth-order valence-corrected chi connectivity index (χ4v) is 1.87. The Bertz CT molecular complexity index is 689. The zero-order valence-corrected chi connectivity index (χ0v) is 11.2. The third-order valence-corrected chi connectivity index (χ3v) is 2.97. The van der Waals surface area contributed by atoms with Crippen LogP contribution >= 0.6 is 0 Å². The van der Waals surface area contributed by atoms with Crippen LogP contribution in [0.3, 0.4) is 0 Å². The van der Waals surface area contributed by atoms with E-state index in [1.165, 1.54) is 20.1 Å². The number of furan rings is 1. The molecule has 0 aliphatic carbocycles. The fourth-order valence-electron chi connectivity index (χ4n) is 1.87. The second kappa shape index (κ2) is 5.16. The first kappa shape index (κ1) is 15.0. The van der Waals surface area contributed by atoms with E-state index in [9.17, 15) is 18.0 Å². The van der Waals surface area contributed by atoms with Gasteiger partial charge in [-0.25, -0.2) is 4.79 Å². The van der Waals surface area contributed by atoms with Gasteiger partial charge >= 0.3 is 12.1 Å². The fraction of sp³-hybridized carbons (Fsp3) is 0.214. The summed E-state index contributed by atoms with van der Waals surface area (Å²) in [5.41, 5.74) is 5.18. The molecule has 2 rings (SSSR count). The van der Waals surface area contributed by atoms with E-state index in [-0.39, 0.29) is 28.3 Å². The third kappa shape index (κ3) is 2.86. The number of ether oxygens (including phenoxy) is 1. The summed E-state index contributed by atoms with van der Waals surface area (Å²) >= 11 is 0. The normalized spacial score (nSPS) is 11.5. The lowest BCUT2D eigenvalue weighted by molar-refractivity contribution is -0.137. The van der Waals surface area contributed by atoms with Crippen molar-refractivity contribution in [1.29, 1.82) is 0 Å². The van der Waals surface area contributed by atoms with Crippen molar-refractivity contribution in [2.24, 2.45) is 0 Å². The number of methoxy groups -OCH3 is 1. The van der Waals surface area contributed by atoms with E-state index in [4.69, 9.17) is 10.2 Å². The summed E-state index contributed by atoms with van der Waals surface area (Å²) in [5.74, 6) is -0.307. The van der Waals surface area contributed by atoms with Gasteiger partial charge < -0.3 is 14.9 Å². The summed E-state index contributed by atoms with van der Waals surface area (Å²) in [6, 6.07) is 4.23. The van der Waals surface area contributed by atoms with Crippen LogP contribution in [-0.2, 0) is 10.9 Å². The van der Waals surface area contributed by atoms with E-state index in [2.05, 4.69) is 4.74 Å². The highest BCUT2D eigenvalue weighted by atomic mass is 19.4. The number of nitrogens with two attached hydrogens (primary N) is 1. The van der Waals surface area contributed by atoms with Gasteiger partial charge in [-0.3, -0.25) is 0 Å². The molecule has 0 saturated carbocycles. The van der Waals surface area contributed by atoms with Gasteiger partial charge in [-0.15, -0.1) is 0 Å². The standard InChI is InChI=1S/C14H12F3NO3/c1-7-9(13(19)20-2)6-12(21-7)10-5-8(14(15,16)17)3-4-11(10)18/h3-6H,18H2,1-2H3. The predicted octanol–water partition coefficient (Wildman–Crippen LogP) is 3.64. The number of carbonyl (C=O) groups excluding carboxylic acids is 1. The van der Waals surface area contributed by atoms with E-state index in [0.29, 0.717) is 0 Å². The van der Waals surface area contributed by atoms with Crippen molar-refractivity contribution in [3.8, 4) is 11.3 Å². The monoisotopic (exact) mass is 299 g/mol. The molecule has 1 aromatic heterocycles. The number of aryl methyl sites for hydroxylation is 1. The number of hydrogen-bond acceptors (Lipinski definition) is 4. The second-order valence-electron chi connectivity index (χ2n) is 4.37. The number of rotatable bonds is 2. The highest BCUT2D eigenvalue weighted by molar-refractivity contribution is 5.92. The Kier molecular flexibility index (Phi) is 3.67. The summed E-state index contributed by atoms with van der Waals surface area (Å²) in [5, 5.41) is 0. The van der Waals surface area contributed by atoms with Crippen LogP contribution in [-0.4, -0.2) is 13.1 Å². The van der Waals surface area contributed by atoms with Crippen molar-refractivity contribution >= 4 is 11.7 Å². The van der Waals surface area contributed by atoms with E-state index in [0.717, 1.165) is 18.2 Å². The van der Waals surface area contributed by atoms with Crippen molar-refractivity contribution in [1.82, 2.24) is 0 Å². The Balaban J connectivity index is 2.54. The van der Waals surface area contributed by atoms with Gasteiger partial charge in [0.25, 0.3) is 0 Å². The summed E-state index contributed by atoms with van der Waals surface area (Å²) in [7, 11) is 1.20. The van der Waals surface area contributed by atoms with Gasteiger partial charge in [-0.05, 0) is 31.2 Å². The highest BCUT2D eigenvalue weighted by Gasteiger charge is 2.31. The van der Waals surface area contributed by atoms with Gasteiger partial charge in [-0.2, -0.15) is 13.2 Å². The molecule has 0 aliphatic rings. The molecule has 1 heterocycles. The van der Waals surface area contributed by atoms with Gasteiger partial charge in [0.05, 0.1) is 12.7 Å². The van der Waals surface area contributed by atoms with E-state index >= 15 is 0 Å². The van der Waals surface area contributed by atoms with Crippen molar-refractivity contribution in [3.63, 3.8) is 0 Å². The molecule has 0 aliphatic heterocycles. The Morgan fingerprint density at radius 2 is 1.95 bits per heavy atom. The molecule has 0 saturated heterocycles. The first-order chi connectivity index (χ1) is 9.74. The molecule has 21 heavy (non-hydrogen) atoms. The van der Waals surface area contributed by atoms with Gasteiger partial charge in [0.2, 0.25) is 0 Å². The summed E-state index contributed by atoms with van der Waals surface area (Å²) in [4.78, 5) is 11.5. The van der Waals surface area contributed by atoms with Crippen molar-refractivity contribution in [2.75, 3.05) is 12.8 Å². The van der Waals surface area contributed by atoms with Crippen molar-refractivity contribution in [2.45, 2.75) is 13.1 Å². The van der Waals surface area contributed by atoms with Crippen LogP contribution in [0.5, 0.6) is 0 Å². The van der Waals surface area contributed by atoms with Gasteiger partial charge in [0, 0.05) is 11.3 Å². The number of halogens is 3. The Hall–Kier alpha value is -2.44. The first-order valence-corrected chi connectivity index (χ1v) is 5.90. The SMILES string of the molecule is COC(=O)c1cc(-c2cc(C(F)(F)F)ccc2N)oc1C. The maximum absolute atomic E-state index is 12.7. The quantitative estimate of drug-likeness (QED) is 0.679. The molecule has 0 amide bonds. The van der Waals surface area contributed by atoms with E-state index in [1.54, 1.807) is 0 Å². The predicted molar refractivity (Wildman–Crippen MR) is 69.6 cm³/mol. The van der Waals surface area contributed by atoms with Crippen LogP contribution in [0.4, 0.5) is 18.9 Å². The molecule has 0 radical (unpaired) electrons. The molecular formula is C14H12F3NO3. The molecule has 0 fully saturated rings. The number of esters is 1. The van der Waals surface area contributed by atoms with Gasteiger partial charge in [-0.1, -0.05) is 0 Å². The lowest BCUT2D eigenvalue weighted by Gasteiger charge is -2.09. The smallest absolute Gasteiger partial charge is 0.416 e. The summed E-state index contributed by atoms with van der Waals surface area (Å²) in [6.07, 6.45) is -4.49. The summed E-state index contributed by atoms with van der Waals surface area (Å²) in [6.45, 7) is 1.51. The lowest BCUT2D eigenvalue weighted by atomic mass is 10.1. The molecule has 1 aromatic carbocycles. The molecule has 0 spiro atoms. The Morgan fingerprint density at radius 3 is 2.52 bits per heavy atom. The molecular weight excluding hydrogens is 287 g/mol.